The average molecular weight is 213 g/mol. The van der Waals surface area contributed by atoms with E-state index in [1.165, 1.54) is 24.5 Å². The van der Waals surface area contributed by atoms with Gasteiger partial charge in [-0.1, -0.05) is 20.8 Å². The number of rotatable bonds is 2. The van der Waals surface area contributed by atoms with Gasteiger partial charge in [-0.05, 0) is 5.41 Å². The average Bonchev–Trinajstić information content (AvgIpc) is 2.48. The zero-order valence-corrected chi connectivity index (χ0v) is 9.68. The molecule has 0 saturated heterocycles. The van der Waals surface area contributed by atoms with Gasteiger partial charge in [0.25, 0.3) is 0 Å². The van der Waals surface area contributed by atoms with E-state index in [-0.39, 0.29) is 11.2 Å². The number of nitrogens with zero attached hydrogens (tertiary/aromatic N) is 1. The van der Waals surface area contributed by atoms with Gasteiger partial charge >= 0.3 is 0 Å². The zero-order chi connectivity index (χ0) is 10.9. The van der Waals surface area contributed by atoms with Crippen LogP contribution in [-0.4, -0.2) is 15.9 Å². The van der Waals surface area contributed by atoms with Crippen molar-refractivity contribution in [2.75, 3.05) is 0 Å². The van der Waals surface area contributed by atoms with Crippen molar-refractivity contribution in [3.05, 3.63) is 16.1 Å². The third-order valence-electron chi connectivity index (χ3n) is 1.92. The topological polar surface area (TPSA) is 50.2 Å². The molecular weight excluding hydrogens is 198 g/mol. The molecule has 78 valence electrons. The minimum absolute atomic E-state index is 0.00476. The molecule has 0 amide bonds. The van der Waals surface area contributed by atoms with Crippen LogP contribution < -0.4 is 0 Å². The van der Waals surface area contributed by atoms with E-state index in [1.807, 2.05) is 20.8 Å². The van der Waals surface area contributed by atoms with Crippen LogP contribution in [0.1, 0.15) is 48.5 Å². The summed E-state index contributed by atoms with van der Waals surface area (Å²) in [6, 6.07) is 0. The fraction of sp³-hybridized carbons (Fsp3) is 0.600. The number of Topliss-reactive ketones (excluding diaryl/α,β-unsaturated/α-hetero) is 1. The Hall–Kier alpha value is -0.740. The molecular formula is C10H15NO2S. The van der Waals surface area contributed by atoms with Gasteiger partial charge in [-0.3, -0.25) is 4.79 Å². The van der Waals surface area contributed by atoms with E-state index in [2.05, 4.69) is 4.98 Å². The van der Waals surface area contributed by atoms with Crippen molar-refractivity contribution in [2.45, 2.75) is 33.8 Å². The minimum atomic E-state index is -0.611. The van der Waals surface area contributed by atoms with Crippen LogP contribution in [0.15, 0.2) is 6.20 Å². The second kappa shape index (κ2) is 3.79. The Morgan fingerprint density at radius 3 is 2.50 bits per heavy atom. The molecule has 0 aromatic carbocycles. The summed E-state index contributed by atoms with van der Waals surface area (Å²) in [5, 5.41) is 10.5. The molecule has 0 aliphatic carbocycles. The Kier molecular flexibility index (Phi) is 3.07. The number of carbonyl (C=O) groups excluding carboxylic acids is 1. The highest BCUT2D eigenvalue weighted by molar-refractivity contribution is 7.13. The molecule has 0 bridgehead atoms. The summed E-state index contributed by atoms with van der Waals surface area (Å²) in [5.41, 5.74) is -0.244. The third kappa shape index (κ3) is 2.39. The normalized spacial score (nSPS) is 14.1. The van der Waals surface area contributed by atoms with Crippen molar-refractivity contribution in [1.82, 2.24) is 4.98 Å². The number of aliphatic hydroxyl groups is 1. The Morgan fingerprint density at radius 1 is 1.57 bits per heavy atom. The Balaban J connectivity index is 2.92. The van der Waals surface area contributed by atoms with Gasteiger partial charge in [0.15, 0.2) is 5.78 Å². The predicted molar refractivity (Wildman–Crippen MR) is 56.5 cm³/mol. The predicted octanol–water partition coefficient (Wildman–Crippen LogP) is 2.43. The molecule has 1 aromatic rings. The van der Waals surface area contributed by atoms with Crippen molar-refractivity contribution in [2.24, 2.45) is 5.41 Å². The van der Waals surface area contributed by atoms with E-state index in [1.54, 1.807) is 0 Å². The number of hydrogen-bond acceptors (Lipinski definition) is 4. The zero-order valence-electron chi connectivity index (χ0n) is 8.87. The maximum absolute atomic E-state index is 11.0. The molecule has 1 atom stereocenters. The second-order valence-electron chi connectivity index (χ2n) is 4.39. The number of carbonyl (C=O) groups is 1. The van der Waals surface area contributed by atoms with Crippen LogP contribution in [0.25, 0.3) is 0 Å². The fourth-order valence-electron chi connectivity index (χ4n) is 0.947. The number of aliphatic hydroxyl groups excluding tert-OH is 1. The highest BCUT2D eigenvalue weighted by Crippen LogP contribution is 2.34. The Labute approximate surface area is 87.8 Å². The first-order chi connectivity index (χ1) is 6.32. The number of aromatic nitrogens is 1. The first-order valence-electron chi connectivity index (χ1n) is 4.47. The van der Waals surface area contributed by atoms with Gasteiger partial charge in [-0.2, -0.15) is 0 Å². The number of hydrogen-bond donors (Lipinski definition) is 1. The first kappa shape index (κ1) is 11.3. The van der Waals surface area contributed by atoms with E-state index in [9.17, 15) is 9.90 Å². The lowest BCUT2D eigenvalue weighted by molar-refractivity contribution is 0.0624. The molecule has 0 radical (unpaired) electrons. The van der Waals surface area contributed by atoms with Crippen molar-refractivity contribution in [3.8, 4) is 0 Å². The first-order valence-corrected chi connectivity index (χ1v) is 5.28. The third-order valence-corrected chi connectivity index (χ3v) is 3.08. The lowest BCUT2D eigenvalue weighted by Crippen LogP contribution is -2.17. The number of ketones is 1. The lowest BCUT2D eigenvalue weighted by atomic mass is 9.90. The molecule has 4 heteroatoms. The van der Waals surface area contributed by atoms with Crippen molar-refractivity contribution in [3.63, 3.8) is 0 Å². The minimum Gasteiger partial charge on any atom is -0.385 e. The van der Waals surface area contributed by atoms with Crippen molar-refractivity contribution < 1.29 is 9.90 Å². The molecule has 0 aliphatic rings. The maximum Gasteiger partial charge on any atom is 0.171 e. The summed E-state index contributed by atoms with van der Waals surface area (Å²) in [5.74, 6) is -0.00476. The standard InChI is InChI=1S/C10H15NO2S/c1-6(12)7-5-11-9(14-7)8(13)10(2,3)4/h5,8,13H,1-4H3. The summed E-state index contributed by atoms with van der Waals surface area (Å²) < 4.78 is 0. The van der Waals surface area contributed by atoms with Crippen molar-refractivity contribution >= 4 is 17.1 Å². The van der Waals surface area contributed by atoms with Crippen LogP contribution in [0.5, 0.6) is 0 Å². The van der Waals surface area contributed by atoms with E-state index < -0.39 is 6.10 Å². The van der Waals surface area contributed by atoms with Gasteiger partial charge < -0.3 is 5.11 Å². The maximum atomic E-state index is 11.0. The fourth-order valence-corrected chi connectivity index (χ4v) is 1.99. The van der Waals surface area contributed by atoms with E-state index in [0.29, 0.717) is 9.88 Å². The van der Waals surface area contributed by atoms with Crippen LogP contribution >= 0.6 is 11.3 Å². The molecule has 14 heavy (non-hydrogen) atoms. The molecule has 1 unspecified atom stereocenters. The van der Waals surface area contributed by atoms with Crippen LogP contribution in [0.2, 0.25) is 0 Å². The number of thiazole rings is 1. The highest BCUT2D eigenvalue weighted by atomic mass is 32.1. The van der Waals surface area contributed by atoms with Gasteiger partial charge in [0.05, 0.1) is 4.88 Å². The van der Waals surface area contributed by atoms with Crippen LogP contribution in [0.4, 0.5) is 0 Å². The molecule has 1 heterocycles. The second-order valence-corrected chi connectivity index (χ2v) is 5.45. The SMILES string of the molecule is CC(=O)c1cnc(C(O)C(C)(C)C)s1. The van der Waals surface area contributed by atoms with Crippen molar-refractivity contribution in [1.29, 1.82) is 0 Å². The molecule has 1 aromatic heterocycles. The molecule has 0 saturated carbocycles. The molecule has 0 aliphatic heterocycles. The Morgan fingerprint density at radius 2 is 2.14 bits per heavy atom. The largest absolute Gasteiger partial charge is 0.385 e. The smallest absolute Gasteiger partial charge is 0.171 e. The van der Waals surface area contributed by atoms with Crippen LogP contribution in [0, 0.1) is 5.41 Å². The summed E-state index contributed by atoms with van der Waals surface area (Å²) >= 11 is 1.27. The Bertz CT molecular complexity index is 338. The van der Waals surface area contributed by atoms with Crippen LogP contribution in [0.3, 0.4) is 0 Å². The molecule has 1 N–H and O–H groups in total. The summed E-state index contributed by atoms with van der Waals surface area (Å²) in [6.07, 6.45) is 0.915. The van der Waals surface area contributed by atoms with E-state index in [0.717, 1.165) is 0 Å². The van der Waals surface area contributed by atoms with E-state index >= 15 is 0 Å². The summed E-state index contributed by atoms with van der Waals surface area (Å²) in [6.45, 7) is 7.31. The van der Waals surface area contributed by atoms with Crippen LogP contribution in [-0.2, 0) is 0 Å². The van der Waals surface area contributed by atoms with Gasteiger partial charge in [-0.25, -0.2) is 4.98 Å². The molecule has 1 rings (SSSR count). The highest BCUT2D eigenvalue weighted by Gasteiger charge is 2.26. The molecule has 0 spiro atoms. The van der Waals surface area contributed by atoms with E-state index in [4.69, 9.17) is 0 Å². The summed E-state index contributed by atoms with van der Waals surface area (Å²) in [7, 11) is 0. The lowest BCUT2D eigenvalue weighted by Gasteiger charge is -2.23. The van der Waals surface area contributed by atoms with Gasteiger partial charge in [0.2, 0.25) is 0 Å². The van der Waals surface area contributed by atoms with Gasteiger partial charge in [0, 0.05) is 13.1 Å². The summed E-state index contributed by atoms with van der Waals surface area (Å²) in [4.78, 5) is 15.7. The van der Waals surface area contributed by atoms with Gasteiger partial charge in [-0.15, -0.1) is 11.3 Å². The molecule has 3 nitrogen and oxygen atoms in total. The quantitative estimate of drug-likeness (QED) is 0.767. The molecule has 0 fully saturated rings. The monoisotopic (exact) mass is 213 g/mol. The van der Waals surface area contributed by atoms with Gasteiger partial charge in [0.1, 0.15) is 11.1 Å².